The minimum atomic E-state index is -3.04. The van der Waals surface area contributed by atoms with Gasteiger partial charge in [-0.25, -0.2) is 18.4 Å². The Morgan fingerprint density at radius 3 is 2.60 bits per heavy atom. The molecule has 0 bridgehead atoms. The van der Waals surface area contributed by atoms with Crippen LogP contribution in [0.1, 0.15) is 21.6 Å². The molecule has 2 aromatic carbocycles. The van der Waals surface area contributed by atoms with E-state index in [4.69, 9.17) is 19.9 Å². The van der Waals surface area contributed by atoms with E-state index in [-0.39, 0.29) is 34.7 Å². The number of rotatable bonds is 9. The summed E-state index contributed by atoms with van der Waals surface area (Å²) < 4.78 is 70.5. The van der Waals surface area contributed by atoms with Crippen LogP contribution in [-0.4, -0.2) is 51.4 Å². The second-order valence-corrected chi connectivity index (χ2v) is 9.52. The van der Waals surface area contributed by atoms with Crippen molar-refractivity contribution in [3.05, 3.63) is 83.3 Å². The van der Waals surface area contributed by atoms with Crippen molar-refractivity contribution in [2.24, 2.45) is 0 Å². The van der Waals surface area contributed by atoms with Gasteiger partial charge >= 0.3 is 6.61 Å². The fourth-order valence-electron chi connectivity index (χ4n) is 4.48. The zero-order valence-electron chi connectivity index (χ0n) is 21.8. The van der Waals surface area contributed by atoms with Crippen LogP contribution in [0.25, 0.3) is 16.6 Å². The zero-order valence-corrected chi connectivity index (χ0v) is 21.8. The number of carbonyl (C=O) groups is 1. The van der Waals surface area contributed by atoms with E-state index in [9.17, 15) is 22.4 Å². The molecule has 0 amide bonds. The van der Waals surface area contributed by atoms with Crippen LogP contribution in [0.15, 0.2) is 54.9 Å². The van der Waals surface area contributed by atoms with E-state index in [1.54, 1.807) is 13.0 Å². The monoisotopic (exact) mass is 582 g/mol. The molecule has 14 heteroatoms. The molecule has 3 aromatic heterocycles. The molecule has 10 nitrogen and oxygen atoms in total. The number of hydrogen-bond acceptors (Lipinski definition) is 8. The van der Waals surface area contributed by atoms with Crippen molar-refractivity contribution in [3.8, 4) is 23.1 Å². The summed E-state index contributed by atoms with van der Waals surface area (Å²) in [7, 11) is 0. The van der Waals surface area contributed by atoms with Gasteiger partial charge in [0.25, 0.3) is 0 Å². The van der Waals surface area contributed by atoms with E-state index in [1.165, 1.54) is 41.3 Å². The molecule has 0 saturated carbocycles. The highest BCUT2D eigenvalue weighted by molar-refractivity contribution is 6.12. The van der Waals surface area contributed by atoms with E-state index in [0.29, 0.717) is 41.1 Å². The summed E-state index contributed by atoms with van der Waals surface area (Å²) >= 11 is 0. The number of para-hydroxylation sites is 1. The highest BCUT2D eigenvalue weighted by atomic mass is 19.3. The lowest BCUT2D eigenvalue weighted by Gasteiger charge is -2.28. The largest absolute Gasteiger partial charge is 0.433 e. The minimum absolute atomic E-state index is 0.00596. The summed E-state index contributed by atoms with van der Waals surface area (Å²) in [5, 5.41) is 7.80. The summed E-state index contributed by atoms with van der Waals surface area (Å²) in [5.74, 6) is -2.96. The zero-order chi connectivity index (χ0) is 29.5. The fraction of sp³-hybridized carbons (Fsp3) is 0.179. The van der Waals surface area contributed by atoms with Gasteiger partial charge in [-0.1, -0.05) is 6.07 Å². The standard InChI is InChI=1S/C28H22F4N6O4/c1-13-5-24(42-26-17(29)3-2-4-18(26)30)34-10-22(13)38-27(33)16(9-35-38)25(39)21-6-14-7-23(41-28(31)32)20(8-19(14)37-21)36-15-11-40-12-15/h2-10,15,28,36-37H,11-12,33H2,1H3. The maximum Gasteiger partial charge on any atom is 0.387 e. The number of nitrogens with one attached hydrogen (secondary N) is 2. The van der Waals surface area contributed by atoms with Crippen LogP contribution in [-0.2, 0) is 4.74 Å². The lowest BCUT2D eigenvalue weighted by atomic mass is 10.1. The molecule has 4 N–H and O–H groups in total. The highest BCUT2D eigenvalue weighted by Gasteiger charge is 2.24. The fourth-order valence-corrected chi connectivity index (χ4v) is 4.48. The first-order chi connectivity index (χ1) is 20.2. The van der Waals surface area contributed by atoms with Crippen LogP contribution < -0.4 is 20.5 Å². The lowest BCUT2D eigenvalue weighted by molar-refractivity contribution is -0.0494. The summed E-state index contributed by atoms with van der Waals surface area (Å²) in [6, 6.07) is 9.23. The average molecular weight is 583 g/mol. The molecule has 0 unspecified atom stereocenters. The first-order valence-electron chi connectivity index (χ1n) is 12.6. The molecule has 1 aliphatic heterocycles. The van der Waals surface area contributed by atoms with Gasteiger partial charge in [0.15, 0.2) is 11.6 Å². The number of ketones is 1. The van der Waals surface area contributed by atoms with Gasteiger partial charge in [0, 0.05) is 17.0 Å². The Kier molecular flexibility index (Phi) is 6.90. The van der Waals surface area contributed by atoms with E-state index in [0.717, 1.165) is 12.1 Å². The number of alkyl halides is 2. The molecule has 1 saturated heterocycles. The van der Waals surface area contributed by atoms with Crippen molar-refractivity contribution in [2.45, 2.75) is 19.6 Å². The third-order valence-electron chi connectivity index (χ3n) is 6.64. The van der Waals surface area contributed by atoms with Gasteiger partial charge in [0.2, 0.25) is 17.4 Å². The summed E-state index contributed by atoms with van der Waals surface area (Å²) in [5.41, 5.74) is 8.30. The summed E-state index contributed by atoms with van der Waals surface area (Å²) in [6.45, 7) is -0.495. The minimum Gasteiger partial charge on any atom is -0.433 e. The van der Waals surface area contributed by atoms with E-state index < -0.39 is 29.8 Å². The molecule has 4 heterocycles. The van der Waals surface area contributed by atoms with Crippen molar-refractivity contribution in [3.63, 3.8) is 0 Å². The predicted molar refractivity (Wildman–Crippen MR) is 144 cm³/mol. The second-order valence-electron chi connectivity index (χ2n) is 9.52. The number of ether oxygens (including phenoxy) is 3. The Morgan fingerprint density at radius 1 is 1.17 bits per heavy atom. The smallest absolute Gasteiger partial charge is 0.387 e. The van der Waals surface area contributed by atoms with Crippen LogP contribution in [0, 0.1) is 18.6 Å². The number of fused-ring (bicyclic) bond motifs is 1. The second kappa shape index (κ2) is 10.7. The number of pyridine rings is 1. The first kappa shape index (κ1) is 27.1. The molecule has 216 valence electrons. The SMILES string of the molecule is Cc1cc(Oc2c(F)cccc2F)ncc1-n1ncc(C(=O)c2cc3cc(OC(F)F)c(NC4COC4)cc3[nH]2)c1N. The molecule has 0 aliphatic carbocycles. The van der Waals surface area contributed by atoms with Gasteiger partial charge < -0.3 is 30.2 Å². The molecular weight excluding hydrogens is 560 g/mol. The van der Waals surface area contributed by atoms with Crippen molar-refractivity contribution in [2.75, 3.05) is 24.3 Å². The normalized spacial score (nSPS) is 13.4. The van der Waals surface area contributed by atoms with Crippen molar-refractivity contribution in [1.82, 2.24) is 19.7 Å². The Labute approximate surface area is 235 Å². The number of anilines is 2. The quantitative estimate of drug-likeness (QED) is 0.157. The predicted octanol–water partition coefficient (Wildman–Crippen LogP) is 5.35. The van der Waals surface area contributed by atoms with Gasteiger partial charge in [0.05, 0.1) is 54.3 Å². The number of nitrogens with two attached hydrogens (primary N) is 1. The van der Waals surface area contributed by atoms with Gasteiger partial charge in [0.1, 0.15) is 11.6 Å². The van der Waals surface area contributed by atoms with E-state index in [2.05, 4.69) is 20.4 Å². The topological polar surface area (TPSA) is 129 Å². The molecular formula is C28H22F4N6O4. The number of aromatic amines is 1. The van der Waals surface area contributed by atoms with Gasteiger partial charge in [-0.2, -0.15) is 13.9 Å². The number of hydrogen-bond donors (Lipinski definition) is 3. The Hall–Kier alpha value is -5.11. The van der Waals surface area contributed by atoms with Crippen molar-refractivity contribution in [1.29, 1.82) is 0 Å². The number of aryl methyl sites for hydroxylation is 1. The molecule has 5 aromatic rings. The highest BCUT2D eigenvalue weighted by Crippen LogP contribution is 2.34. The van der Waals surface area contributed by atoms with E-state index >= 15 is 0 Å². The van der Waals surface area contributed by atoms with Crippen LogP contribution in [0.4, 0.5) is 29.1 Å². The third-order valence-corrected chi connectivity index (χ3v) is 6.64. The van der Waals surface area contributed by atoms with E-state index in [1.807, 2.05) is 0 Å². The van der Waals surface area contributed by atoms with Crippen molar-refractivity contribution < 1.29 is 36.6 Å². The Morgan fingerprint density at radius 2 is 1.93 bits per heavy atom. The maximum atomic E-state index is 14.0. The van der Waals surface area contributed by atoms with Crippen LogP contribution >= 0.6 is 0 Å². The third kappa shape index (κ3) is 5.07. The number of benzene rings is 2. The van der Waals surface area contributed by atoms with Crippen LogP contribution in [0.3, 0.4) is 0 Å². The first-order valence-corrected chi connectivity index (χ1v) is 12.6. The summed E-state index contributed by atoms with van der Waals surface area (Å²) in [4.78, 5) is 20.5. The number of H-pyrrole nitrogens is 1. The number of carbonyl (C=O) groups excluding carboxylic acids is 1. The molecule has 0 atom stereocenters. The number of halogens is 4. The van der Waals surface area contributed by atoms with Crippen LogP contribution in [0.5, 0.6) is 17.4 Å². The Balaban J connectivity index is 1.27. The van der Waals surface area contributed by atoms with Gasteiger partial charge in [-0.3, -0.25) is 4.79 Å². The molecule has 42 heavy (non-hydrogen) atoms. The van der Waals surface area contributed by atoms with Crippen LogP contribution in [0.2, 0.25) is 0 Å². The number of nitrogen functional groups attached to an aromatic ring is 1. The molecule has 6 rings (SSSR count). The Bertz CT molecular complexity index is 1800. The molecule has 0 spiro atoms. The lowest BCUT2D eigenvalue weighted by Crippen LogP contribution is -2.40. The average Bonchev–Trinajstić information content (AvgIpc) is 3.51. The van der Waals surface area contributed by atoms with Crippen molar-refractivity contribution >= 4 is 28.2 Å². The molecule has 0 radical (unpaired) electrons. The molecule has 1 fully saturated rings. The summed E-state index contributed by atoms with van der Waals surface area (Å²) in [6.07, 6.45) is 2.63. The maximum absolute atomic E-state index is 14.0. The number of aromatic nitrogens is 4. The van der Waals surface area contributed by atoms with Gasteiger partial charge in [-0.05, 0) is 42.8 Å². The number of nitrogens with zero attached hydrogens (tertiary/aromatic N) is 3. The molecule has 1 aliphatic rings. The van der Waals surface area contributed by atoms with Gasteiger partial charge in [-0.15, -0.1) is 0 Å².